The molecule has 0 bridgehead atoms. The number of carbonyl (C=O) groups is 2. The number of hydrogen-bond donors (Lipinski definition) is 3. The van der Waals surface area contributed by atoms with E-state index in [-0.39, 0.29) is 18.5 Å². The van der Waals surface area contributed by atoms with Gasteiger partial charge in [0.05, 0.1) is 12.2 Å². The van der Waals surface area contributed by atoms with Gasteiger partial charge in [0.25, 0.3) is 0 Å². The summed E-state index contributed by atoms with van der Waals surface area (Å²) in [5.74, 6) is -1.84. The number of carbonyl (C=O) groups excluding carboxylic acids is 1. The maximum atomic E-state index is 12.7. The summed E-state index contributed by atoms with van der Waals surface area (Å²) in [6.45, 7) is 0.961. The third-order valence-corrected chi connectivity index (χ3v) is 5.69. The molecule has 2 aromatic heterocycles. The van der Waals surface area contributed by atoms with Gasteiger partial charge in [0.15, 0.2) is 0 Å². The van der Waals surface area contributed by atoms with Crippen LogP contribution in [0.15, 0.2) is 66.5 Å². The van der Waals surface area contributed by atoms with Crippen LogP contribution in [0, 0.1) is 0 Å². The summed E-state index contributed by atoms with van der Waals surface area (Å²) in [4.78, 5) is 31.0. The number of pyridine rings is 2. The van der Waals surface area contributed by atoms with Gasteiger partial charge in [-0.3, -0.25) is 5.32 Å². The minimum absolute atomic E-state index is 0.0705. The summed E-state index contributed by atoms with van der Waals surface area (Å²) in [6.07, 6.45) is -3.84. The molecule has 9 nitrogen and oxygen atoms in total. The number of aliphatic hydroxyl groups excluding tert-OH is 1. The number of urea groups is 1. The quantitative estimate of drug-likeness (QED) is 0.302. The summed E-state index contributed by atoms with van der Waals surface area (Å²) in [5, 5.41) is 19.1. The topological polar surface area (TPSA) is 125 Å². The molecule has 3 N–H and O–H groups in total. The van der Waals surface area contributed by atoms with E-state index < -0.39 is 23.9 Å². The number of carboxylic acid groups (broad SMARTS) is 1. The minimum Gasteiger partial charge on any atom is -0.475 e. The number of nitrogens with zero attached hydrogens (tertiary/aromatic N) is 3. The third kappa shape index (κ3) is 9.76. The van der Waals surface area contributed by atoms with Crippen LogP contribution in [0.5, 0.6) is 11.6 Å². The first-order chi connectivity index (χ1) is 19.7. The summed E-state index contributed by atoms with van der Waals surface area (Å²) in [7, 11) is 0. The smallest absolute Gasteiger partial charge is 0.475 e. The molecule has 0 atom stereocenters. The highest BCUT2D eigenvalue weighted by atomic mass is 19.4. The van der Waals surface area contributed by atoms with Crippen molar-refractivity contribution in [2.75, 3.05) is 18.4 Å². The second kappa shape index (κ2) is 13.8. The molecule has 15 heteroatoms. The van der Waals surface area contributed by atoms with Crippen molar-refractivity contribution in [1.82, 2.24) is 14.9 Å². The van der Waals surface area contributed by atoms with Crippen molar-refractivity contribution in [1.29, 1.82) is 0 Å². The number of benzene rings is 1. The SMILES string of the molecule is O=C(Nc1cc(CO)ccn1)N1CCC(=Cc2cccc(Oc3ccc(C(F)(F)F)cn3)c2)CC1.O=C(O)C(F)(F)F. The number of anilines is 1. The van der Waals surface area contributed by atoms with Crippen molar-refractivity contribution >= 4 is 23.9 Å². The first-order valence-electron chi connectivity index (χ1n) is 12.2. The van der Waals surface area contributed by atoms with Gasteiger partial charge in [0.2, 0.25) is 5.88 Å². The zero-order valence-corrected chi connectivity index (χ0v) is 21.6. The van der Waals surface area contributed by atoms with Gasteiger partial charge in [0, 0.05) is 31.5 Å². The van der Waals surface area contributed by atoms with E-state index in [1.54, 1.807) is 35.2 Å². The lowest BCUT2D eigenvalue weighted by Crippen LogP contribution is -2.39. The Hall–Kier alpha value is -4.66. The first-order valence-corrected chi connectivity index (χ1v) is 12.2. The van der Waals surface area contributed by atoms with Crippen LogP contribution in [0.2, 0.25) is 0 Å². The molecule has 0 saturated carbocycles. The summed E-state index contributed by atoms with van der Waals surface area (Å²) in [6, 6.07) is 12.4. The minimum atomic E-state index is -5.08. The highest BCUT2D eigenvalue weighted by Crippen LogP contribution is 2.30. The van der Waals surface area contributed by atoms with Gasteiger partial charge in [-0.1, -0.05) is 23.8 Å². The van der Waals surface area contributed by atoms with Gasteiger partial charge in [0.1, 0.15) is 11.6 Å². The zero-order valence-electron chi connectivity index (χ0n) is 21.6. The number of nitrogens with one attached hydrogen (secondary N) is 1. The number of carboxylic acids is 1. The predicted octanol–water partition coefficient (Wildman–Crippen LogP) is 6.12. The van der Waals surface area contributed by atoms with Gasteiger partial charge < -0.3 is 19.8 Å². The average molecular weight is 599 g/mol. The number of amides is 2. The highest BCUT2D eigenvalue weighted by Gasteiger charge is 2.38. The van der Waals surface area contributed by atoms with Crippen LogP contribution >= 0.6 is 0 Å². The predicted molar refractivity (Wildman–Crippen MR) is 137 cm³/mol. The number of alkyl halides is 6. The van der Waals surface area contributed by atoms with Crippen LogP contribution in [-0.4, -0.2) is 56.3 Å². The zero-order chi connectivity index (χ0) is 30.9. The molecule has 1 fully saturated rings. The molecular weight excluding hydrogens is 574 g/mol. The van der Waals surface area contributed by atoms with Gasteiger partial charge in [-0.2, -0.15) is 26.3 Å². The van der Waals surface area contributed by atoms with Crippen molar-refractivity contribution in [3.63, 3.8) is 0 Å². The largest absolute Gasteiger partial charge is 0.490 e. The monoisotopic (exact) mass is 598 g/mol. The Morgan fingerprint density at radius 1 is 1.00 bits per heavy atom. The Labute approximate surface area is 235 Å². The van der Waals surface area contributed by atoms with Crippen LogP contribution < -0.4 is 10.1 Å². The molecule has 224 valence electrons. The van der Waals surface area contributed by atoms with Gasteiger partial charge in [-0.15, -0.1) is 0 Å². The fraction of sp³-hybridized carbons (Fsp3) is 0.259. The standard InChI is InChI=1S/C25H23F3N4O3.C2HF3O2/c26-25(27,28)20-4-5-23(30-15-20)35-21-3-1-2-18(13-21)12-17-7-10-32(11-8-17)24(34)31-22-14-19(16-33)6-9-29-22;3-2(4,5)1(6)7/h1-6,9,12-15,33H,7-8,10-11,16H2,(H,29,31,34);(H,6,7). The molecule has 0 aliphatic carbocycles. The third-order valence-electron chi connectivity index (χ3n) is 5.69. The van der Waals surface area contributed by atoms with E-state index in [0.29, 0.717) is 43.1 Å². The summed E-state index contributed by atoms with van der Waals surface area (Å²) in [5.41, 5.74) is 1.88. The lowest BCUT2D eigenvalue weighted by atomic mass is 10.0. The fourth-order valence-corrected chi connectivity index (χ4v) is 3.60. The molecule has 1 aromatic carbocycles. The molecule has 42 heavy (non-hydrogen) atoms. The second-order valence-electron chi connectivity index (χ2n) is 8.79. The van der Waals surface area contributed by atoms with Crippen molar-refractivity contribution in [3.05, 3.63) is 83.2 Å². The van der Waals surface area contributed by atoms with Gasteiger partial charge in [-0.25, -0.2) is 19.6 Å². The molecule has 4 rings (SSSR count). The molecular formula is C27H24F6N4O5. The number of ether oxygens (including phenoxy) is 1. The maximum Gasteiger partial charge on any atom is 0.490 e. The van der Waals surface area contributed by atoms with Crippen LogP contribution in [-0.2, 0) is 17.6 Å². The van der Waals surface area contributed by atoms with E-state index in [0.717, 1.165) is 17.8 Å². The first kappa shape index (κ1) is 31.9. The molecule has 1 aliphatic rings. The molecule has 0 spiro atoms. The lowest BCUT2D eigenvalue weighted by molar-refractivity contribution is -0.192. The molecule has 1 saturated heterocycles. The molecule has 3 aromatic rings. The average Bonchev–Trinajstić information content (AvgIpc) is 2.93. The van der Waals surface area contributed by atoms with E-state index in [4.69, 9.17) is 14.6 Å². The number of likely N-dealkylation sites (tertiary alicyclic amines) is 1. The molecule has 2 amide bonds. The van der Waals surface area contributed by atoms with Crippen LogP contribution in [0.1, 0.15) is 29.5 Å². The van der Waals surface area contributed by atoms with Crippen molar-refractivity contribution in [2.24, 2.45) is 0 Å². The molecule has 0 radical (unpaired) electrons. The van der Waals surface area contributed by atoms with Crippen LogP contribution in [0.4, 0.5) is 37.0 Å². The normalized spacial score (nSPS) is 13.5. The summed E-state index contributed by atoms with van der Waals surface area (Å²) >= 11 is 0. The van der Waals surface area contributed by atoms with E-state index in [1.807, 2.05) is 12.1 Å². The van der Waals surface area contributed by atoms with Crippen molar-refractivity contribution in [2.45, 2.75) is 31.8 Å². The number of piperidine rings is 1. The van der Waals surface area contributed by atoms with Gasteiger partial charge in [-0.05, 0) is 54.3 Å². The number of halogens is 6. The summed E-state index contributed by atoms with van der Waals surface area (Å²) < 4.78 is 75.4. The molecule has 1 aliphatic heterocycles. The number of hydrogen-bond acceptors (Lipinski definition) is 6. The molecule has 0 unspecified atom stereocenters. The Balaban J connectivity index is 0.000000616. The number of rotatable bonds is 5. The van der Waals surface area contributed by atoms with Crippen molar-refractivity contribution < 1.29 is 50.9 Å². The Kier molecular flexibility index (Phi) is 10.5. The highest BCUT2D eigenvalue weighted by molar-refractivity contribution is 5.88. The van der Waals surface area contributed by atoms with Gasteiger partial charge >= 0.3 is 24.4 Å². The van der Waals surface area contributed by atoms with Crippen LogP contribution in [0.3, 0.4) is 0 Å². The Morgan fingerprint density at radius 2 is 1.69 bits per heavy atom. The number of aliphatic carboxylic acids is 1. The number of aliphatic hydroxyl groups is 1. The van der Waals surface area contributed by atoms with Crippen LogP contribution in [0.25, 0.3) is 6.08 Å². The maximum absolute atomic E-state index is 12.7. The van der Waals surface area contributed by atoms with Crippen molar-refractivity contribution in [3.8, 4) is 11.6 Å². The van der Waals surface area contributed by atoms with E-state index >= 15 is 0 Å². The Morgan fingerprint density at radius 3 is 2.26 bits per heavy atom. The van der Waals surface area contributed by atoms with E-state index in [1.165, 1.54) is 17.8 Å². The van der Waals surface area contributed by atoms with E-state index in [2.05, 4.69) is 15.3 Å². The molecule has 3 heterocycles. The number of aromatic nitrogens is 2. The second-order valence-corrected chi connectivity index (χ2v) is 8.79. The van der Waals surface area contributed by atoms with E-state index in [9.17, 15) is 36.2 Å². The lowest BCUT2D eigenvalue weighted by Gasteiger charge is -2.28. The Bertz CT molecular complexity index is 1400. The fourth-order valence-electron chi connectivity index (χ4n) is 3.60.